The number of hydrogen-bond acceptors (Lipinski definition) is 7. The minimum Gasteiger partial charge on any atom is -0.474 e. The molecule has 3 aromatic heterocycles. The average Bonchev–Trinajstić information content (AvgIpc) is 3.37. The molecule has 0 amide bonds. The van der Waals surface area contributed by atoms with Crippen LogP contribution in [0.25, 0.3) is 34.0 Å². The topological polar surface area (TPSA) is 106 Å². The van der Waals surface area contributed by atoms with Crippen LogP contribution in [0.15, 0.2) is 67.0 Å². The maximum atomic E-state index is 8.60. The summed E-state index contributed by atoms with van der Waals surface area (Å²) in [7, 11) is 0. The molecule has 1 aromatic carbocycles. The van der Waals surface area contributed by atoms with Gasteiger partial charge in [0.05, 0.1) is 12.3 Å². The number of aromatic amines is 1. The Balaban J connectivity index is 1.21. The summed E-state index contributed by atoms with van der Waals surface area (Å²) in [5, 5.41) is 15.9. The van der Waals surface area contributed by atoms with Crippen LogP contribution in [0.1, 0.15) is 25.7 Å². The molecular weight excluding hydrogens is 418 g/mol. The second kappa shape index (κ2) is 9.89. The Morgan fingerprint density at radius 3 is 2.33 bits per heavy atom. The molecular formula is C25H25N5O3. The monoisotopic (exact) mass is 443 g/mol. The van der Waals surface area contributed by atoms with E-state index < -0.39 is 0 Å². The fourth-order valence-electron chi connectivity index (χ4n) is 4.11. The number of aromatic nitrogens is 5. The predicted molar refractivity (Wildman–Crippen MR) is 123 cm³/mol. The fraction of sp³-hybridized carbons (Fsp3) is 0.280. The van der Waals surface area contributed by atoms with Crippen LogP contribution in [0.5, 0.6) is 5.88 Å². The van der Waals surface area contributed by atoms with Crippen LogP contribution in [0, 0.1) is 5.92 Å². The molecule has 8 nitrogen and oxygen atoms in total. The summed E-state index contributed by atoms with van der Waals surface area (Å²) in [6.07, 6.45) is 7.54. The Morgan fingerprint density at radius 1 is 0.848 bits per heavy atom. The summed E-state index contributed by atoms with van der Waals surface area (Å²) in [5.41, 5.74) is 3.56. The lowest BCUT2D eigenvalue weighted by atomic mass is 9.88. The molecule has 5 rings (SSSR count). The van der Waals surface area contributed by atoms with Crippen molar-refractivity contribution in [1.82, 2.24) is 25.1 Å². The van der Waals surface area contributed by atoms with Crippen molar-refractivity contribution in [3.8, 4) is 39.9 Å². The molecule has 3 heterocycles. The molecule has 0 spiro atoms. The molecule has 0 aliphatic heterocycles. The minimum absolute atomic E-state index is 0.151. The van der Waals surface area contributed by atoms with E-state index in [4.69, 9.17) is 9.99 Å². The molecule has 33 heavy (non-hydrogen) atoms. The molecule has 1 fully saturated rings. The number of pyridine rings is 2. The zero-order valence-corrected chi connectivity index (χ0v) is 18.1. The van der Waals surface area contributed by atoms with E-state index in [1.54, 1.807) is 12.4 Å². The molecule has 0 bridgehead atoms. The normalized spacial score (nSPS) is 18.2. The van der Waals surface area contributed by atoms with Crippen LogP contribution in [0.2, 0.25) is 0 Å². The summed E-state index contributed by atoms with van der Waals surface area (Å²) >= 11 is 0. The zero-order chi connectivity index (χ0) is 22.5. The number of hydrogen-bond donors (Lipinski definition) is 2. The molecule has 8 heteroatoms. The first-order valence-corrected chi connectivity index (χ1v) is 11.1. The second-order valence-corrected chi connectivity index (χ2v) is 8.25. The lowest BCUT2D eigenvalue weighted by Crippen LogP contribution is -2.26. The number of nitrogens with zero attached hydrogens (tertiary/aromatic N) is 4. The minimum atomic E-state index is 0.151. The summed E-state index contributed by atoms with van der Waals surface area (Å²) in [6, 6.07) is 17.6. The van der Waals surface area contributed by atoms with E-state index in [0.29, 0.717) is 24.2 Å². The molecule has 0 radical (unpaired) electrons. The van der Waals surface area contributed by atoms with Crippen molar-refractivity contribution in [2.45, 2.75) is 31.8 Å². The van der Waals surface area contributed by atoms with Crippen LogP contribution < -0.4 is 4.74 Å². The van der Waals surface area contributed by atoms with E-state index in [1.807, 2.05) is 54.6 Å². The van der Waals surface area contributed by atoms with Gasteiger partial charge < -0.3 is 4.74 Å². The first-order chi connectivity index (χ1) is 16.3. The largest absolute Gasteiger partial charge is 0.474 e. The van der Waals surface area contributed by atoms with Crippen molar-refractivity contribution in [1.29, 1.82) is 0 Å². The highest BCUT2D eigenvalue weighted by molar-refractivity contribution is 5.64. The molecule has 0 unspecified atom stereocenters. The zero-order valence-electron chi connectivity index (χ0n) is 18.1. The molecule has 1 aliphatic carbocycles. The summed E-state index contributed by atoms with van der Waals surface area (Å²) in [4.78, 5) is 17.9. The highest BCUT2D eigenvalue weighted by atomic mass is 17.1. The van der Waals surface area contributed by atoms with E-state index in [9.17, 15) is 0 Å². The van der Waals surface area contributed by atoms with Crippen LogP contribution in [-0.2, 0) is 4.89 Å². The van der Waals surface area contributed by atoms with Crippen molar-refractivity contribution in [2.24, 2.45) is 5.92 Å². The highest BCUT2D eigenvalue weighted by Gasteiger charge is 2.23. The van der Waals surface area contributed by atoms with Crippen molar-refractivity contribution in [2.75, 3.05) is 6.61 Å². The molecule has 4 aromatic rings. The Bertz CT molecular complexity index is 1150. The van der Waals surface area contributed by atoms with E-state index in [0.717, 1.165) is 53.9 Å². The SMILES string of the molecule is OOCC1CCC(Oc2ccc(-c3ccc(-c4n[nH]c(-c5ccccc5)n4)cn3)cn2)CC1. The molecule has 2 N–H and O–H groups in total. The first kappa shape index (κ1) is 21.2. The van der Waals surface area contributed by atoms with Gasteiger partial charge in [0.1, 0.15) is 6.10 Å². The van der Waals surface area contributed by atoms with Gasteiger partial charge in [0.2, 0.25) is 5.88 Å². The third-order valence-electron chi connectivity index (χ3n) is 5.98. The van der Waals surface area contributed by atoms with Gasteiger partial charge in [0.15, 0.2) is 11.6 Å². The van der Waals surface area contributed by atoms with Gasteiger partial charge in [-0.05, 0) is 49.8 Å². The van der Waals surface area contributed by atoms with E-state index in [2.05, 4.69) is 30.0 Å². The van der Waals surface area contributed by atoms with Gasteiger partial charge in [-0.25, -0.2) is 14.9 Å². The second-order valence-electron chi connectivity index (χ2n) is 8.25. The Kier molecular flexibility index (Phi) is 6.37. The number of benzene rings is 1. The molecule has 0 atom stereocenters. The summed E-state index contributed by atoms with van der Waals surface area (Å²) < 4.78 is 6.03. The van der Waals surface area contributed by atoms with Gasteiger partial charge in [0.25, 0.3) is 0 Å². The number of nitrogens with one attached hydrogen (secondary N) is 1. The number of rotatable bonds is 7. The van der Waals surface area contributed by atoms with Gasteiger partial charge in [0, 0.05) is 35.2 Å². The lowest BCUT2D eigenvalue weighted by molar-refractivity contribution is -0.253. The molecule has 1 saturated carbocycles. The standard InChI is InChI=1S/C25H25N5O3/c31-32-16-17-6-10-21(11-7-17)33-23-13-9-19(14-27-23)22-12-8-20(15-26-22)25-28-24(29-30-25)18-4-2-1-3-5-18/h1-5,8-9,12-15,17,21,31H,6-7,10-11,16H2,(H,28,29,30). The van der Waals surface area contributed by atoms with Gasteiger partial charge in [-0.1, -0.05) is 30.3 Å². The predicted octanol–water partition coefficient (Wildman–Crippen LogP) is 5.02. The van der Waals surface area contributed by atoms with Crippen LogP contribution >= 0.6 is 0 Å². The van der Waals surface area contributed by atoms with Crippen LogP contribution in [-0.4, -0.2) is 43.1 Å². The first-order valence-electron chi connectivity index (χ1n) is 11.1. The van der Waals surface area contributed by atoms with E-state index in [-0.39, 0.29) is 6.10 Å². The van der Waals surface area contributed by atoms with Gasteiger partial charge in [-0.15, -0.1) is 0 Å². The van der Waals surface area contributed by atoms with Crippen molar-refractivity contribution >= 4 is 0 Å². The third-order valence-corrected chi connectivity index (χ3v) is 5.98. The van der Waals surface area contributed by atoms with Crippen LogP contribution in [0.4, 0.5) is 0 Å². The smallest absolute Gasteiger partial charge is 0.213 e. The molecule has 0 saturated heterocycles. The van der Waals surface area contributed by atoms with Crippen molar-refractivity contribution in [3.05, 3.63) is 67.0 Å². The highest BCUT2D eigenvalue weighted by Crippen LogP contribution is 2.28. The summed E-state index contributed by atoms with van der Waals surface area (Å²) in [6.45, 7) is 0.399. The van der Waals surface area contributed by atoms with E-state index >= 15 is 0 Å². The Hall–Kier alpha value is -3.62. The maximum Gasteiger partial charge on any atom is 0.213 e. The summed E-state index contributed by atoms with van der Waals surface area (Å²) in [5.74, 6) is 2.35. The van der Waals surface area contributed by atoms with Crippen LogP contribution in [0.3, 0.4) is 0 Å². The van der Waals surface area contributed by atoms with Gasteiger partial charge in [-0.3, -0.25) is 15.3 Å². The fourth-order valence-corrected chi connectivity index (χ4v) is 4.11. The third kappa shape index (κ3) is 5.08. The number of ether oxygens (including phenoxy) is 1. The Labute approximate surface area is 191 Å². The average molecular weight is 444 g/mol. The van der Waals surface area contributed by atoms with Gasteiger partial charge >= 0.3 is 0 Å². The number of H-pyrrole nitrogens is 1. The van der Waals surface area contributed by atoms with E-state index in [1.165, 1.54) is 0 Å². The Morgan fingerprint density at radius 2 is 1.64 bits per heavy atom. The maximum absolute atomic E-state index is 8.60. The quantitative estimate of drug-likeness (QED) is 0.305. The molecule has 1 aliphatic rings. The van der Waals surface area contributed by atoms with Crippen molar-refractivity contribution in [3.63, 3.8) is 0 Å². The lowest BCUT2D eigenvalue weighted by Gasteiger charge is -2.27. The van der Waals surface area contributed by atoms with Gasteiger partial charge in [-0.2, -0.15) is 5.10 Å². The van der Waals surface area contributed by atoms with Crippen molar-refractivity contribution < 1.29 is 14.9 Å². The molecule has 168 valence electrons.